The van der Waals surface area contributed by atoms with Crippen LogP contribution in [0.1, 0.15) is 44.1 Å². The van der Waals surface area contributed by atoms with Gasteiger partial charge in [0, 0.05) is 42.0 Å². The van der Waals surface area contributed by atoms with Gasteiger partial charge in [-0.3, -0.25) is 14.3 Å². The van der Waals surface area contributed by atoms with Gasteiger partial charge < -0.3 is 15.5 Å². The fourth-order valence-corrected chi connectivity index (χ4v) is 3.67. The molecule has 0 atom stereocenters. The van der Waals surface area contributed by atoms with E-state index in [1.54, 1.807) is 37.5 Å². The van der Waals surface area contributed by atoms with Gasteiger partial charge in [0.15, 0.2) is 5.82 Å². The predicted molar refractivity (Wildman–Crippen MR) is 137 cm³/mol. The van der Waals surface area contributed by atoms with Crippen molar-refractivity contribution in [1.29, 1.82) is 5.41 Å². The van der Waals surface area contributed by atoms with Crippen molar-refractivity contribution in [3.63, 3.8) is 0 Å². The van der Waals surface area contributed by atoms with E-state index in [0.29, 0.717) is 35.4 Å². The van der Waals surface area contributed by atoms with Crippen molar-refractivity contribution in [1.82, 2.24) is 14.5 Å². The molecule has 0 aromatic carbocycles. The van der Waals surface area contributed by atoms with Crippen LogP contribution in [0.25, 0.3) is 5.69 Å². The number of rotatable bonds is 8. The maximum Gasteiger partial charge on any atom is 0.277 e. The minimum atomic E-state index is -0.855. The Balaban J connectivity index is 1.85. The molecule has 0 saturated heterocycles. The van der Waals surface area contributed by atoms with E-state index in [0.717, 1.165) is 11.8 Å². The van der Waals surface area contributed by atoms with E-state index in [2.05, 4.69) is 36.1 Å². The van der Waals surface area contributed by atoms with Crippen LogP contribution in [0.15, 0.2) is 47.7 Å². The van der Waals surface area contributed by atoms with E-state index in [1.807, 2.05) is 6.92 Å². The van der Waals surface area contributed by atoms with Gasteiger partial charge in [0.05, 0.1) is 11.9 Å². The standard InChI is InChI=1S/C26H28ClF2N5O2/c1-15-12-33-23(31-7-6-18(30)11-26(3,4)5)10-21(15)34-16(2)8-22(24(27)25(34)35)36-14-20-19(29)9-17(28)13-32-20/h6-10,12-13,30H,11,14H2,1-5H3,(H,31,33)/b7-6-,30-18?. The van der Waals surface area contributed by atoms with E-state index >= 15 is 0 Å². The van der Waals surface area contributed by atoms with Crippen LogP contribution >= 0.6 is 11.6 Å². The topological polar surface area (TPSA) is 92.9 Å². The molecule has 0 aliphatic carbocycles. The highest BCUT2D eigenvalue weighted by Gasteiger charge is 2.17. The maximum atomic E-state index is 13.9. The van der Waals surface area contributed by atoms with Gasteiger partial charge in [-0.1, -0.05) is 32.4 Å². The third-order valence-electron chi connectivity index (χ3n) is 5.10. The average Bonchev–Trinajstić information content (AvgIpc) is 2.77. The number of allylic oxidation sites excluding steroid dienone is 1. The Morgan fingerprint density at radius 3 is 2.58 bits per heavy atom. The molecule has 0 bridgehead atoms. The summed E-state index contributed by atoms with van der Waals surface area (Å²) in [6, 6.07) is 3.97. The first kappa shape index (κ1) is 27.0. The number of pyridine rings is 3. The Bertz CT molecular complexity index is 1380. The van der Waals surface area contributed by atoms with Gasteiger partial charge >= 0.3 is 0 Å². The lowest BCUT2D eigenvalue weighted by Crippen LogP contribution is -2.23. The fourth-order valence-electron chi connectivity index (χ4n) is 3.47. The lowest BCUT2D eigenvalue weighted by atomic mass is 9.90. The van der Waals surface area contributed by atoms with E-state index in [9.17, 15) is 13.6 Å². The highest BCUT2D eigenvalue weighted by atomic mass is 35.5. The molecule has 3 rings (SSSR count). The number of hydrogen-bond donors (Lipinski definition) is 2. The summed E-state index contributed by atoms with van der Waals surface area (Å²) in [5.41, 5.74) is 1.67. The predicted octanol–water partition coefficient (Wildman–Crippen LogP) is 6.14. The van der Waals surface area contributed by atoms with Crippen molar-refractivity contribution in [2.45, 2.75) is 47.6 Å². The molecule has 0 aliphatic heterocycles. The van der Waals surface area contributed by atoms with Gasteiger partial charge in [-0.15, -0.1) is 0 Å². The molecule has 3 heterocycles. The van der Waals surface area contributed by atoms with Crippen molar-refractivity contribution in [3.05, 3.63) is 86.8 Å². The van der Waals surface area contributed by atoms with Crippen molar-refractivity contribution < 1.29 is 13.5 Å². The second-order valence-corrected chi connectivity index (χ2v) is 9.95. The lowest BCUT2D eigenvalue weighted by molar-refractivity contribution is 0.292. The molecular formula is C26H28ClF2N5O2. The molecule has 0 saturated carbocycles. The zero-order chi connectivity index (χ0) is 26.6. The zero-order valence-electron chi connectivity index (χ0n) is 20.7. The number of nitrogens with one attached hydrogen (secondary N) is 2. The number of ether oxygens (including phenoxy) is 1. The first-order valence-corrected chi connectivity index (χ1v) is 11.6. The molecule has 7 nitrogen and oxygen atoms in total. The van der Waals surface area contributed by atoms with Crippen LogP contribution in [0.2, 0.25) is 5.02 Å². The Morgan fingerprint density at radius 1 is 1.19 bits per heavy atom. The van der Waals surface area contributed by atoms with Gasteiger partial charge in [0.25, 0.3) is 5.56 Å². The molecule has 0 aliphatic rings. The van der Waals surface area contributed by atoms with Gasteiger partial charge in [0.2, 0.25) is 0 Å². The molecule has 0 unspecified atom stereocenters. The third-order valence-corrected chi connectivity index (χ3v) is 5.45. The maximum absolute atomic E-state index is 13.9. The summed E-state index contributed by atoms with van der Waals surface area (Å²) in [5, 5.41) is 10.9. The summed E-state index contributed by atoms with van der Waals surface area (Å²) in [6.07, 6.45) is 6.44. The molecule has 3 aromatic heterocycles. The van der Waals surface area contributed by atoms with Crippen LogP contribution in [-0.2, 0) is 6.61 Å². The molecule has 36 heavy (non-hydrogen) atoms. The number of nitrogens with zero attached hydrogens (tertiary/aromatic N) is 3. The number of anilines is 1. The lowest BCUT2D eigenvalue weighted by Gasteiger charge is -2.17. The molecule has 2 N–H and O–H groups in total. The van der Waals surface area contributed by atoms with Crippen LogP contribution in [0, 0.1) is 36.3 Å². The first-order chi connectivity index (χ1) is 16.9. The van der Waals surface area contributed by atoms with Crippen LogP contribution < -0.4 is 15.6 Å². The van der Waals surface area contributed by atoms with Crippen molar-refractivity contribution in [2.24, 2.45) is 5.41 Å². The summed E-state index contributed by atoms with van der Waals surface area (Å²) < 4.78 is 33.9. The zero-order valence-corrected chi connectivity index (χ0v) is 21.5. The fraction of sp³-hybridized carbons (Fsp3) is 0.308. The minimum absolute atomic E-state index is 0.00817. The highest BCUT2D eigenvalue weighted by Crippen LogP contribution is 2.26. The molecule has 10 heteroatoms. The van der Waals surface area contributed by atoms with Gasteiger partial charge in [0.1, 0.15) is 34.7 Å². The normalized spacial score (nSPS) is 11.7. The Labute approximate surface area is 213 Å². The number of halogens is 3. The van der Waals surface area contributed by atoms with E-state index in [4.69, 9.17) is 21.7 Å². The molecule has 0 spiro atoms. The Kier molecular flexibility index (Phi) is 8.24. The summed E-state index contributed by atoms with van der Waals surface area (Å²) in [7, 11) is 0. The van der Waals surface area contributed by atoms with Gasteiger partial charge in [-0.25, -0.2) is 13.8 Å². The quantitative estimate of drug-likeness (QED) is 0.352. The van der Waals surface area contributed by atoms with Gasteiger partial charge in [-0.2, -0.15) is 0 Å². The van der Waals surface area contributed by atoms with Crippen molar-refractivity contribution >= 4 is 23.1 Å². The third kappa shape index (κ3) is 6.75. The average molecular weight is 516 g/mol. The first-order valence-electron chi connectivity index (χ1n) is 11.2. The van der Waals surface area contributed by atoms with Crippen LogP contribution in [0.3, 0.4) is 0 Å². The monoisotopic (exact) mass is 515 g/mol. The number of aryl methyl sites for hydroxylation is 2. The van der Waals surface area contributed by atoms with Crippen molar-refractivity contribution in [3.8, 4) is 11.4 Å². The highest BCUT2D eigenvalue weighted by molar-refractivity contribution is 6.31. The number of aromatic nitrogens is 3. The summed E-state index contributed by atoms with van der Waals surface area (Å²) in [4.78, 5) is 21.2. The SMILES string of the molecule is Cc1cnc(N/C=C\C(=N)CC(C)(C)C)cc1-n1c(C)cc(OCc2ncc(F)cc2F)c(Cl)c1=O. The minimum Gasteiger partial charge on any atom is -0.485 e. The van der Waals surface area contributed by atoms with Gasteiger partial charge in [-0.05, 0) is 37.3 Å². The van der Waals surface area contributed by atoms with Crippen LogP contribution in [0.5, 0.6) is 5.75 Å². The molecule has 190 valence electrons. The summed E-state index contributed by atoms with van der Waals surface area (Å²) in [5.74, 6) is -1.11. The molecule has 0 amide bonds. The second-order valence-electron chi connectivity index (χ2n) is 9.57. The Hall–Kier alpha value is -3.59. The number of hydrogen-bond acceptors (Lipinski definition) is 6. The van der Waals surface area contributed by atoms with Crippen molar-refractivity contribution in [2.75, 3.05) is 5.32 Å². The second kappa shape index (κ2) is 11.0. The van der Waals surface area contributed by atoms with E-state index in [1.165, 1.54) is 4.57 Å². The molecular weight excluding hydrogens is 488 g/mol. The molecule has 0 fully saturated rings. The van der Waals surface area contributed by atoms with Crippen LogP contribution in [-0.4, -0.2) is 20.2 Å². The Morgan fingerprint density at radius 2 is 1.92 bits per heavy atom. The summed E-state index contributed by atoms with van der Waals surface area (Å²) in [6.45, 7) is 9.39. The largest absolute Gasteiger partial charge is 0.485 e. The summed E-state index contributed by atoms with van der Waals surface area (Å²) >= 11 is 6.32. The van der Waals surface area contributed by atoms with Crippen LogP contribution in [0.4, 0.5) is 14.6 Å². The van der Waals surface area contributed by atoms with E-state index in [-0.39, 0.29) is 28.5 Å². The smallest absolute Gasteiger partial charge is 0.277 e. The molecule has 0 radical (unpaired) electrons. The van der Waals surface area contributed by atoms with E-state index < -0.39 is 17.2 Å². The molecule has 3 aromatic rings.